The van der Waals surface area contributed by atoms with Crippen LogP contribution >= 0.6 is 0 Å². The molecule has 0 spiro atoms. The summed E-state index contributed by atoms with van der Waals surface area (Å²) >= 11 is 0. The maximum Gasteiger partial charge on any atom is 0.438 e. The minimum absolute atomic E-state index is 0.179. The number of ether oxygens (including phenoxy) is 1. The topological polar surface area (TPSA) is 63.7 Å². The summed E-state index contributed by atoms with van der Waals surface area (Å²) in [6.07, 6.45) is 0. The lowest BCUT2D eigenvalue weighted by Crippen LogP contribution is -2.36. The summed E-state index contributed by atoms with van der Waals surface area (Å²) in [5.41, 5.74) is 2.89. The molecule has 0 radical (unpaired) electrons. The number of hydrogen-bond acceptors (Lipinski definition) is 6. The van der Waals surface area contributed by atoms with E-state index in [0.717, 1.165) is 31.9 Å². The molecule has 0 bridgehead atoms. The van der Waals surface area contributed by atoms with Crippen molar-refractivity contribution in [1.82, 2.24) is 14.7 Å². The van der Waals surface area contributed by atoms with E-state index in [9.17, 15) is 9.18 Å². The summed E-state index contributed by atoms with van der Waals surface area (Å²) in [5.74, 6) is -0.716. The van der Waals surface area contributed by atoms with E-state index >= 15 is 0 Å². The van der Waals surface area contributed by atoms with Crippen LogP contribution in [-0.2, 0) is 18.0 Å². The largest absolute Gasteiger partial charge is 0.438 e. The molecular weight excluding hydrogens is 375 g/mol. The van der Waals surface area contributed by atoms with Crippen molar-refractivity contribution in [3.63, 3.8) is 0 Å². The Bertz CT molecular complexity index is 992. The van der Waals surface area contributed by atoms with Gasteiger partial charge in [-0.1, -0.05) is 12.1 Å². The number of aromatic nitrogens is 2. The van der Waals surface area contributed by atoms with Gasteiger partial charge >= 0.3 is 5.76 Å². The first kappa shape index (κ1) is 19.4. The fraction of sp³-hybridized carbons (Fsp3) is 0.333. The molecule has 0 amide bonds. The van der Waals surface area contributed by atoms with Crippen LogP contribution in [0.25, 0.3) is 11.5 Å². The molecule has 1 aromatic heterocycles. The van der Waals surface area contributed by atoms with E-state index in [4.69, 9.17) is 9.15 Å². The summed E-state index contributed by atoms with van der Waals surface area (Å²) in [7, 11) is 1.91. The molecule has 0 aliphatic carbocycles. The van der Waals surface area contributed by atoms with Crippen LogP contribution in [0.5, 0.6) is 0 Å². The Morgan fingerprint density at radius 3 is 2.45 bits per heavy atom. The second kappa shape index (κ2) is 8.59. The maximum atomic E-state index is 13.1. The molecule has 152 valence electrons. The van der Waals surface area contributed by atoms with Crippen LogP contribution < -0.4 is 10.7 Å². The molecule has 1 aliphatic rings. The lowest BCUT2D eigenvalue weighted by atomic mass is 10.2. The Hall–Kier alpha value is -2.97. The number of nitrogens with zero attached hydrogens (tertiary/aromatic N) is 4. The highest BCUT2D eigenvalue weighted by Gasteiger charge is 2.13. The minimum Gasteiger partial charge on any atom is -0.388 e. The van der Waals surface area contributed by atoms with Gasteiger partial charge in [0.05, 0.1) is 13.2 Å². The van der Waals surface area contributed by atoms with Crippen molar-refractivity contribution in [2.24, 2.45) is 0 Å². The highest BCUT2D eigenvalue weighted by Crippen LogP contribution is 2.18. The van der Waals surface area contributed by atoms with E-state index in [2.05, 4.69) is 34.3 Å². The van der Waals surface area contributed by atoms with Crippen LogP contribution in [0.2, 0.25) is 0 Å². The van der Waals surface area contributed by atoms with E-state index in [0.29, 0.717) is 12.1 Å². The van der Waals surface area contributed by atoms with Crippen molar-refractivity contribution in [3.05, 3.63) is 70.5 Å². The van der Waals surface area contributed by atoms with Gasteiger partial charge in [0.2, 0.25) is 5.89 Å². The summed E-state index contributed by atoms with van der Waals surface area (Å²) in [6, 6.07) is 14.1. The Labute approximate surface area is 167 Å². The summed E-state index contributed by atoms with van der Waals surface area (Å²) < 4.78 is 24.9. The van der Waals surface area contributed by atoms with Gasteiger partial charge in [0.15, 0.2) is 0 Å². The van der Waals surface area contributed by atoms with Crippen molar-refractivity contribution < 1.29 is 13.5 Å². The Kier molecular flexibility index (Phi) is 5.73. The first-order chi connectivity index (χ1) is 14.1. The first-order valence-electron chi connectivity index (χ1n) is 9.52. The third-order valence-electron chi connectivity index (χ3n) is 4.84. The molecular formula is C21H23FN4O3. The third-order valence-corrected chi connectivity index (χ3v) is 4.84. The standard InChI is InChI=1S/C21H23FN4O3/c1-24(14-16-2-8-19(9-3-16)25-10-12-28-13-11-25)15-26-21(27)29-20(23-26)17-4-6-18(22)7-5-17/h2-9H,10-15H2,1H3. The lowest BCUT2D eigenvalue weighted by molar-refractivity contribution is 0.122. The highest BCUT2D eigenvalue weighted by molar-refractivity contribution is 5.51. The van der Waals surface area contributed by atoms with Crippen LogP contribution in [0.1, 0.15) is 5.56 Å². The monoisotopic (exact) mass is 398 g/mol. The molecule has 0 N–H and O–H groups in total. The zero-order valence-corrected chi connectivity index (χ0v) is 16.3. The maximum absolute atomic E-state index is 13.1. The zero-order chi connectivity index (χ0) is 20.2. The van der Waals surface area contributed by atoms with Crippen LogP contribution in [-0.4, -0.2) is 48.0 Å². The summed E-state index contributed by atoms with van der Waals surface area (Å²) in [6.45, 7) is 4.28. The molecule has 1 saturated heterocycles. The van der Waals surface area contributed by atoms with Gasteiger partial charge in [-0.25, -0.2) is 9.18 Å². The van der Waals surface area contributed by atoms with E-state index in [1.807, 2.05) is 11.9 Å². The molecule has 0 unspecified atom stereocenters. The second-order valence-electron chi connectivity index (χ2n) is 7.10. The van der Waals surface area contributed by atoms with Crippen molar-refractivity contribution in [3.8, 4) is 11.5 Å². The fourth-order valence-electron chi connectivity index (χ4n) is 3.33. The fourth-order valence-corrected chi connectivity index (χ4v) is 3.33. The van der Waals surface area contributed by atoms with Gasteiger partial charge in [-0.15, -0.1) is 5.10 Å². The molecule has 2 heterocycles. The number of benzene rings is 2. The summed E-state index contributed by atoms with van der Waals surface area (Å²) in [5, 5.41) is 4.22. The van der Waals surface area contributed by atoms with Gasteiger partial charge in [-0.2, -0.15) is 4.68 Å². The molecule has 1 aliphatic heterocycles. The molecule has 29 heavy (non-hydrogen) atoms. The Morgan fingerprint density at radius 1 is 1.07 bits per heavy atom. The molecule has 3 aromatic rings. The van der Waals surface area contributed by atoms with Gasteiger partial charge in [0, 0.05) is 30.9 Å². The minimum atomic E-state index is -0.543. The van der Waals surface area contributed by atoms with Crippen LogP contribution in [0.15, 0.2) is 57.7 Å². The smallest absolute Gasteiger partial charge is 0.388 e. The SMILES string of the molecule is CN(Cc1ccc(N2CCOCC2)cc1)Cn1nc(-c2ccc(F)cc2)oc1=O. The van der Waals surface area contributed by atoms with Crippen molar-refractivity contribution in [2.45, 2.75) is 13.2 Å². The average molecular weight is 398 g/mol. The number of morpholine rings is 1. The van der Waals surface area contributed by atoms with Gasteiger partial charge in [-0.3, -0.25) is 4.90 Å². The molecule has 0 saturated carbocycles. The second-order valence-corrected chi connectivity index (χ2v) is 7.10. The van der Waals surface area contributed by atoms with Crippen molar-refractivity contribution in [2.75, 3.05) is 38.3 Å². The number of hydrogen-bond donors (Lipinski definition) is 0. The molecule has 0 atom stereocenters. The number of anilines is 1. The van der Waals surface area contributed by atoms with Gasteiger partial charge < -0.3 is 14.1 Å². The normalized spacial score (nSPS) is 14.5. The quantitative estimate of drug-likeness (QED) is 0.636. The molecule has 7 nitrogen and oxygen atoms in total. The van der Waals surface area contributed by atoms with Crippen LogP contribution in [0.3, 0.4) is 0 Å². The number of halogens is 1. The Balaban J connectivity index is 1.39. The van der Waals surface area contributed by atoms with E-state index < -0.39 is 5.76 Å². The first-order valence-corrected chi connectivity index (χ1v) is 9.52. The van der Waals surface area contributed by atoms with E-state index in [1.165, 1.54) is 34.6 Å². The molecule has 1 fully saturated rings. The van der Waals surface area contributed by atoms with E-state index in [-0.39, 0.29) is 18.4 Å². The van der Waals surface area contributed by atoms with Crippen LogP contribution in [0.4, 0.5) is 10.1 Å². The Morgan fingerprint density at radius 2 is 1.76 bits per heavy atom. The molecule has 2 aromatic carbocycles. The highest BCUT2D eigenvalue weighted by atomic mass is 19.1. The van der Waals surface area contributed by atoms with E-state index in [1.54, 1.807) is 0 Å². The van der Waals surface area contributed by atoms with Crippen LogP contribution in [0, 0.1) is 5.82 Å². The molecule has 4 rings (SSSR count). The van der Waals surface area contributed by atoms with Gasteiger partial charge in [0.1, 0.15) is 12.5 Å². The van der Waals surface area contributed by atoms with Crippen molar-refractivity contribution in [1.29, 1.82) is 0 Å². The predicted octanol–water partition coefficient (Wildman–Crippen LogP) is 2.57. The van der Waals surface area contributed by atoms with Crippen molar-refractivity contribution >= 4 is 5.69 Å². The lowest BCUT2D eigenvalue weighted by Gasteiger charge is -2.29. The predicted molar refractivity (Wildman–Crippen MR) is 107 cm³/mol. The van der Waals surface area contributed by atoms with Gasteiger partial charge in [-0.05, 0) is 49.0 Å². The van der Waals surface area contributed by atoms with Gasteiger partial charge in [0.25, 0.3) is 0 Å². The third kappa shape index (κ3) is 4.72. The zero-order valence-electron chi connectivity index (χ0n) is 16.3. The number of rotatable bonds is 6. The average Bonchev–Trinajstić information content (AvgIpc) is 3.10. The summed E-state index contributed by atoms with van der Waals surface area (Å²) in [4.78, 5) is 16.4. The molecule has 8 heteroatoms.